The Labute approximate surface area is 101 Å². The van der Waals surface area contributed by atoms with Gasteiger partial charge in [0.2, 0.25) is 0 Å². The van der Waals surface area contributed by atoms with E-state index in [1.807, 2.05) is 0 Å². The van der Waals surface area contributed by atoms with E-state index < -0.39 is 34.9 Å². The molecule has 0 fully saturated rings. The second-order valence-electron chi connectivity index (χ2n) is 3.58. The highest BCUT2D eigenvalue weighted by atomic mass is 19.1. The molecule has 2 amide bonds. The molecule has 98 valence electrons. The number of carbonyl (C=O) groups is 2. The Kier molecular flexibility index (Phi) is 4.16. The molecule has 0 aliphatic carbocycles. The molecule has 0 unspecified atom stereocenters. The molecule has 0 saturated heterocycles. The molecule has 1 aromatic carbocycles. The number of anilines is 1. The topological polar surface area (TPSA) is 81.7 Å². The zero-order chi connectivity index (χ0) is 13.9. The predicted octanol–water partition coefficient (Wildman–Crippen LogP) is 1.26. The molecule has 18 heavy (non-hydrogen) atoms. The van der Waals surface area contributed by atoms with Crippen molar-refractivity contribution in [2.75, 3.05) is 19.4 Å². The number of halogens is 2. The molecule has 6 nitrogen and oxygen atoms in total. The predicted molar refractivity (Wildman–Crippen MR) is 59.2 cm³/mol. The van der Waals surface area contributed by atoms with E-state index in [4.69, 9.17) is 5.11 Å². The van der Waals surface area contributed by atoms with Crippen molar-refractivity contribution >= 4 is 17.7 Å². The Morgan fingerprint density at radius 3 is 2.33 bits per heavy atom. The molecular formula is C10H11F2N3O3. The molecule has 0 aromatic heterocycles. The van der Waals surface area contributed by atoms with E-state index in [0.29, 0.717) is 12.1 Å². The summed E-state index contributed by atoms with van der Waals surface area (Å²) < 4.78 is 26.4. The smallest absolute Gasteiger partial charge is 0.338 e. The normalized spacial score (nSPS) is 10.3. The van der Waals surface area contributed by atoms with E-state index in [0.717, 1.165) is 0 Å². The Morgan fingerprint density at radius 2 is 1.83 bits per heavy atom. The summed E-state index contributed by atoms with van der Waals surface area (Å²) in [5.74, 6) is -3.83. The highest BCUT2D eigenvalue weighted by Crippen LogP contribution is 2.19. The van der Waals surface area contributed by atoms with Gasteiger partial charge in [-0.3, -0.25) is 5.43 Å². The SMILES string of the molecule is CN(C)NC(=O)Nc1cc(C(=O)O)c(F)cc1F. The lowest BCUT2D eigenvalue weighted by atomic mass is 10.2. The number of amides is 2. The molecule has 0 spiro atoms. The fourth-order valence-electron chi connectivity index (χ4n) is 1.16. The number of carboxylic acid groups (broad SMARTS) is 1. The number of rotatable bonds is 3. The third-order valence-corrected chi connectivity index (χ3v) is 1.86. The lowest BCUT2D eigenvalue weighted by Crippen LogP contribution is -2.39. The van der Waals surface area contributed by atoms with Crippen LogP contribution in [0.3, 0.4) is 0 Å². The number of benzene rings is 1. The van der Waals surface area contributed by atoms with Gasteiger partial charge in [-0.2, -0.15) is 0 Å². The molecule has 1 aromatic rings. The van der Waals surface area contributed by atoms with Crippen molar-refractivity contribution < 1.29 is 23.5 Å². The molecule has 0 aliphatic heterocycles. The maximum Gasteiger partial charge on any atom is 0.338 e. The van der Waals surface area contributed by atoms with Crippen LogP contribution >= 0.6 is 0 Å². The van der Waals surface area contributed by atoms with E-state index in [1.54, 1.807) is 0 Å². The van der Waals surface area contributed by atoms with Gasteiger partial charge in [0.25, 0.3) is 0 Å². The summed E-state index contributed by atoms with van der Waals surface area (Å²) in [5, 5.41) is 12.0. The average molecular weight is 259 g/mol. The average Bonchev–Trinajstić information content (AvgIpc) is 2.20. The monoisotopic (exact) mass is 259 g/mol. The summed E-state index contributed by atoms with van der Waals surface area (Å²) in [6.45, 7) is 0. The third-order valence-electron chi connectivity index (χ3n) is 1.86. The van der Waals surface area contributed by atoms with E-state index in [9.17, 15) is 18.4 Å². The molecule has 0 heterocycles. The highest BCUT2D eigenvalue weighted by molar-refractivity contribution is 5.93. The molecule has 0 radical (unpaired) electrons. The Bertz CT molecular complexity index is 492. The fourth-order valence-corrected chi connectivity index (χ4v) is 1.16. The summed E-state index contributed by atoms with van der Waals surface area (Å²) >= 11 is 0. The van der Waals surface area contributed by atoms with Gasteiger partial charge in [-0.25, -0.2) is 23.4 Å². The first-order valence-electron chi connectivity index (χ1n) is 4.78. The second-order valence-corrected chi connectivity index (χ2v) is 3.58. The van der Waals surface area contributed by atoms with Crippen molar-refractivity contribution in [3.63, 3.8) is 0 Å². The Hall–Kier alpha value is -2.22. The van der Waals surface area contributed by atoms with Crippen LogP contribution in [-0.2, 0) is 0 Å². The number of aromatic carboxylic acids is 1. The minimum absolute atomic E-state index is 0.398. The van der Waals surface area contributed by atoms with Gasteiger partial charge in [-0.1, -0.05) is 0 Å². The number of hydrazine groups is 1. The van der Waals surface area contributed by atoms with Crippen molar-refractivity contribution in [1.29, 1.82) is 0 Å². The number of hydrogen-bond donors (Lipinski definition) is 3. The molecule has 0 saturated carbocycles. The van der Waals surface area contributed by atoms with E-state index in [-0.39, 0.29) is 0 Å². The summed E-state index contributed by atoms with van der Waals surface area (Å²) in [4.78, 5) is 21.9. The van der Waals surface area contributed by atoms with Gasteiger partial charge in [0.05, 0.1) is 11.3 Å². The van der Waals surface area contributed by atoms with Crippen LogP contribution in [-0.4, -0.2) is 36.2 Å². The van der Waals surface area contributed by atoms with Crippen LogP contribution in [0.1, 0.15) is 10.4 Å². The zero-order valence-corrected chi connectivity index (χ0v) is 9.62. The number of nitrogens with one attached hydrogen (secondary N) is 2. The Morgan fingerprint density at radius 1 is 1.22 bits per heavy atom. The van der Waals surface area contributed by atoms with E-state index >= 15 is 0 Å². The first kappa shape index (κ1) is 13.8. The minimum atomic E-state index is -1.55. The molecular weight excluding hydrogens is 248 g/mol. The van der Waals surface area contributed by atoms with Gasteiger partial charge >= 0.3 is 12.0 Å². The van der Waals surface area contributed by atoms with Gasteiger partial charge in [0.15, 0.2) is 0 Å². The minimum Gasteiger partial charge on any atom is -0.478 e. The van der Waals surface area contributed by atoms with Crippen LogP contribution in [0, 0.1) is 11.6 Å². The van der Waals surface area contributed by atoms with Crippen LogP contribution in [0.15, 0.2) is 12.1 Å². The Balaban J connectivity index is 2.99. The van der Waals surface area contributed by atoms with Gasteiger partial charge in [-0.15, -0.1) is 0 Å². The van der Waals surface area contributed by atoms with Gasteiger partial charge in [-0.05, 0) is 6.07 Å². The number of carboxylic acids is 1. The van der Waals surface area contributed by atoms with Gasteiger partial charge < -0.3 is 10.4 Å². The van der Waals surface area contributed by atoms with Crippen LogP contribution < -0.4 is 10.7 Å². The largest absolute Gasteiger partial charge is 0.478 e. The van der Waals surface area contributed by atoms with Crippen LogP contribution in [0.25, 0.3) is 0 Å². The summed E-state index contributed by atoms with van der Waals surface area (Å²) in [7, 11) is 3.06. The quantitative estimate of drug-likeness (QED) is 0.714. The van der Waals surface area contributed by atoms with Crippen LogP contribution in [0.5, 0.6) is 0 Å². The number of carbonyl (C=O) groups excluding carboxylic acids is 1. The summed E-state index contributed by atoms with van der Waals surface area (Å²) in [6, 6.07) is 0.332. The van der Waals surface area contributed by atoms with Crippen LogP contribution in [0.4, 0.5) is 19.3 Å². The van der Waals surface area contributed by atoms with E-state index in [2.05, 4.69) is 10.7 Å². The van der Waals surface area contributed by atoms with Crippen molar-refractivity contribution in [3.8, 4) is 0 Å². The fraction of sp³-hybridized carbons (Fsp3) is 0.200. The summed E-state index contributed by atoms with van der Waals surface area (Å²) in [6.07, 6.45) is 0. The second kappa shape index (κ2) is 5.41. The number of hydrogen-bond acceptors (Lipinski definition) is 3. The summed E-state index contributed by atoms with van der Waals surface area (Å²) in [5.41, 5.74) is 1.11. The van der Waals surface area contributed by atoms with Crippen molar-refractivity contribution in [2.24, 2.45) is 0 Å². The molecule has 0 aliphatic rings. The lowest BCUT2D eigenvalue weighted by Gasteiger charge is -2.13. The van der Waals surface area contributed by atoms with Crippen molar-refractivity contribution in [2.45, 2.75) is 0 Å². The van der Waals surface area contributed by atoms with Crippen molar-refractivity contribution in [3.05, 3.63) is 29.3 Å². The van der Waals surface area contributed by atoms with Crippen LogP contribution in [0.2, 0.25) is 0 Å². The molecule has 3 N–H and O–H groups in total. The van der Waals surface area contributed by atoms with Crippen molar-refractivity contribution in [1.82, 2.24) is 10.4 Å². The highest BCUT2D eigenvalue weighted by Gasteiger charge is 2.16. The maximum atomic E-state index is 13.3. The third kappa shape index (κ3) is 3.39. The first-order chi connectivity index (χ1) is 8.31. The molecule has 0 atom stereocenters. The zero-order valence-electron chi connectivity index (χ0n) is 9.62. The maximum absolute atomic E-state index is 13.3. The molecule has 1 rings (SSSR count). The van der Waals surface area contributed by atoms with Gasteiger partial charge in [0.1, 0.15) is 11.6 Å². The number of urea groups is 1. The molecule has 8 heteroatoms. The molecule has 0 bridgehead atoms. The lowest BCUT2D eigenvalue weighted by molar-refractivity contribution is 0.0691. The van der Waals surface area contributed by atoms with Gasteiger partial charge in [0, 0.05) is 20.2 Å². The standard InChI is InChI=1S/C10H11F2N3O3/c1-15(2)14-10(18)13-8-3-5(9(16)17)6(11)4-7(8)12/h3-4H,1-2H3,(H,16,17)(H2,13,14,18). The first-order valence-corrected chi connectivity index (χ1v) is 4.78. The van der Waals surface area contributed by atoms with E-state index in [1.165, 1.54) is 19.1 Å². The number of nitrogens with zero attached hydrogens (tertiary/aromatic N) is 1.